The normalized spacial score (nSPS) is 17.4. The predicted octanol–water partition coefficient (Wildman–Crippen LogP) is 4.91. The van der Waals surface area contributed by atoms with E-state index in [-0.39, 0.29) is 5.90 Å². The molecule has 3 aromatic rings. The topological polar surface area (TPSA) is 104 Å². The second-order valence-electron chi connectivity index (χ2n) is 7.34. The van der Waals surface area contributed by atoms with Gasteiger partial charge >= 0.3 is 0 Å². The summed E-state index contributed by atoms with van der Waals surface area (Å²) >= 11 is 0. The molecular formula is C24H24N4O3. The van der Waals surface area contributed by atoms with Crippen LogP contribution in [0.25, 0.3) is 11.3 Å². The lowest BCUT2D eigenvalue weighted by Gasteiger charge is -2.29. The van der Waals surface area contributed by atoms with Gasteiger partial charge in [-0.15, -0.1) is 5.10 Å². The molecular weight excluding hydrogens is 392 g/mol. The van der Waals surface area contributed by atoms with Crippen molar-refractivity contribution in [3.8, 4) is 34.7 Å². The molecule has 4 rings (SSSR count). The molecule has 0 saturated carbocycles. The first-order chi connectivity index (χ1) is 15.2. The highest BCUT2D eigenvalue weighted by atomic mass is 16.5. The van der Waals surface area contributed by atoms with Crippen LogP contribution in [0, 0.1) is 22.7 Å². The fraction of sp³-hybridized carbons (Fsp3) is 0.292. The predicted molar refractivity (Wildman–Crippen MR) is 117 cm³/mol. The van der Waals surface area contributed by atoms with Gasteiger partial charge in [-0.05, 0) is 36.8 Å². The summed E-state index contributed by atoms with van der Waals surface area (Å²) in [6.45, 7) is 2.70. The maximum Gasteiger partial charge on any atom is 0.244 e. The number of benzene rings is 2. The Hall–Kier alpha value is -3.79. The smallest absolute Gasteiger partial charge is 0.244 e. The standard InChI is InChI=1S/C24H24N4O3/c1-3-4-13-30-19-8-6-5-7-17(19)20-18(14-25)23(26)31-24-21(20)22(27-28-24)15-9-11-16(29-2)12-10-15/h5-12,18,20,26H,3-4,13H2,1-2H3,(H,27,28). The first-order valence-electron chi connectivity index (χ1n) is 10.3. The summed E-state index contributed by atoms with van der Waals surface area (Å²) in [6, 6.07) is 17.5. The Kier molecular flexibility index (Phi) is 5.89. The molecule has 1 aliphatic rings. The number of methoxy groups -OCH3 is 1. The van der Waals surface area contributed by atoms with Crippen LogP contribution in [0.15, 0.2) is 48.5 Å². The number of ether oxygens (including phenoxy) is 3. The van der Waals surface area contributed by atoms with Gasteiger partial charge < -0.3 is 14.2 Å². The SMILES string of the molecule is CCCCOc1ccccc1C1c2c(n[nH]c2-c2ccc(OC)cc2)OC(=N)C1C#N. The van der Waals surface area contributed by atoms with E-state index in [0.29, 0.717) is 18.2 Å². The maximum atomic E-state index is 9.93. The van der Waals surface area contributed by atoms with Crippen molar-refractivity contribution in [2.24, 2.45) is 5.92 Å². The van der Waals surface area contributed by atoms with Crippen molar-refractivity contribution in [1.82, 2.24) is 10.2 Å². The van der Waals surface area contributed by atoms with E-state index in [2.05, 4.69) is 23.2 Å². The van der Waals surface area contributed by atoms with Crippen molar-refractivity contribution in [1.29, 1.82) is 10.7 Å². The molecule has 0 spiro atoms. The van der Waals surface area contributed by atoms with Crippen molar-refractivity contribution in [3.63, 3.8) is 0 Å². The zero-order valence-corrected chi connectivity index (χ0v) is 17.5. The molecule has 2 atom stereocenters. The van der Waals surface area contributed by atoms with Crippen LogP contribution in [0.4, 0.5) is 0 Å². The second kappa shape index (κ2) is 8.92. The molecule has 2 N–H and O–H groups in total. The molecule has 0 fully saturated rings. The van der Waals surface area contributed by atoms with Crippen molar-refractivity contribution >= 4 is 5.90 Å². The van der Waals surface area contributed by atoms with Crippen molar-refractivity contribution in [2.45, 2.75) is 25.7 Å². The van der Waals surface area contributed by atoms with Crippen LogP contribution in [-0.4, -0.2) is 29.8 Å². The molecule has 0 bridgehead atoms. The number of nitrogens with one attached hydrogen (secondary N) is 2. The fourth-order valence-electron chi connectivity index (χ4n) is 3.83. The molecule has 7 nitrogen and oxygen atoms in total. The van der Waals surface area contributed by atoms with Gasteiger partial charge in [-0.2, -0.15) is 5.26 Å². The lowest BCUT2D eigenvalue weighted by atomic mass is 9.78. The molecule has 0 aliphatic carbocycles. The van der Waals surface area contributed by atoms with Gasteiger partial charge in [-0.3, -0.25) is 10.5 Å². The number of nitrogens with zero attached hydrogens (tertiary/aromatic N) is 2. The van der Waals surface area contributed by atoms with Gasteiger partial charge in [0.05, 0.1) is 31.0 Å². The number of fused-ring (bicyclic) bond motifs is 1. The molecule has 1 aromatic heterocycles. The summed E-state index contributed by atoms with van der Waals surface area (Å²) in [4.78, 5) is 0. The van der Waals surface area contributed by atoms with Crippen LogP contribution in [0.5, 0.6) is 17.4 Å². The Morgan fingerprint density at radius 1 is 1.19 bits per heavy atom. The average molecular weight is 416 g/mol. The van der Waals surface area contributed by atoms with Crippen molar-refractivity contribution in [3.05, 3.63) is 59.7 Å². The summed E-state index contributed by atoms with van der Waals surface area (Å²) in [6.07, 6.45) is 1.96. The lowest BCUT2D eigenvalue weighted by molar-refractivity contribution is 0.303. The highest BCUT2D eigenvalue weighted by Gasteiger charge is 2.42. The largest absolute Gasteiger partial charge is 0.497 e. The maximum absolute atomic E-state index is 9.93. The fourth-order valence-corrected chi connectivity index (χ4v) is 3.83. The first kappa shape index (κ1) is 20.5. The Morgan fingerprint density at radius 2 is 1.97 bits per heavy atom. The molecule has 0 saturated heterocycles. The lowest BCUT2D eigenvalue weighted by Crippen LogP contribution is -2.31. The summed E-state index contributed by atoms with van der Waals surface area (Å²) in [7, 11) is 1.62. The van der Waals surface area contributed by atoms with Crippen LogP contribution >= 0.6 is 0 Å². The minimum Gasteiger partial charge on any atom is -0.497 e. The molecule has 31 heavy (non-hydrogen) atoms. The molecule has 2 aromatic carbocycles. The molecule has 2 unspecified atom stereocenters. The summed E-state index contributed by atoms with van der Waals surface area (Å²) in [5, 5.41) is 25.6. The molecule has 2 heterocycles. The number of nitriles is 1. The van der Waals surface area contributed by atoms with Gasteiger partial charge in [-0.1, -0.05) is 31.5 Å². The number of hydrogen-bond donors (Lipinski definition) is 2. The van der Waals surface area contributed by atoms with E-state index in [0.717, 1.165) is 41.0 Å². The number of rotatable bonds is 7. The Bertz CT molecular complexity index is 1110. The molecule has 1 aliphatic heterocycles. The molecule has 0 amide bonds. The summed E-state index contributed by atoms with van der Waals surface area (Å²) < 4.78 is 16.9. The number of para-hydroxylation sites is 1. The van der Waals surface area contributed by atoms with Gasteiger partial charge in [0, 0.05) is 17.0 Å². The Labute approximate surface area is 181 Å². The number of H-pyrrole nitrogens is 1. The van der Waals surface area contributed by atoms with E-state index in [9.17, 15) is 5.26 Å². The van der Waals surface area contributed by atoms with E-state index in [4.69, 9.17) is 19.6 Å². The molecule has 0 radical (unpaired) electrons. The zero-order chi connectivity index (χ0) is 21.8. The molecule has 7 heteroatoms. The Morgan fingerprint density at radius 3 is 2.68 bits per heavy atom. The van der Waals surface area contributed by atoms with E-state index in [1.807, 2.05) is 48.5 Å². The monoisotopic (exact) mass is 416 g/mol. The first-order valence-corrected chi connectivity index (χ1v) is 10.3. The zero-order valence-electron chi connectivity index (χ0n) is 17.5. The van der Waals surface area contributed by atoms with E-state index in [1.54, 1.807) is 7.11 Å². The van der Waals surface area contributed by atoms with Crippen molar-refractivity contribution < 1.29 is 14.2 Å². The third-order valence-corrected chi connectivity index (χ3v) is 5.43. The average Bonchev–Trinajstić information content (AvgIpc) is 3.22. The number of hydrogen-bond acceptors (Lipinski definition) is 6. The van der Waals surface area contributed by atoms with Crippen LogP contribution in [-0.2, 0) is 0 Å². The van der Waals surface area contributed by atoms with E-state index in [1.165, 1.54) is 0 Å². The third kappa shape index (κ3) is 3.84. The van der Waals surface area contributed by atoms with Crippen LogP contribution < -0.4 is 14.2 Å². The van der Waals surface area contributed by atoms with Crippen LogP contribution in [0.3, 0.4) is 0 Å². The number of aromatic amines is 1. The minimum atomic E-state index is -0.793. The molecule has 158 valence electrons. The van der Waals surface area contributed by atoms with Gasteiger partial charge in [0.25, 0.3) is 0 Å². The Balaban J connectivity index is 1.85. The number of aromatic nitrogens is 2. The van der Waals surface area contributed by atoms with Gasteiger partial charge in [-0.25, -0.2) is 0 Å². The summed E-state index contributed by atoms with van der Waals surface area (Å²) in [5.41, 5.74) is 3.23. The van der Waals surface area contributed by atoms with Crippen molar-refractivity contribution in [2.75, 3.05) is 13.7 Å². The summed E-state index contributed by atoms with van der Waals surface area (Å²) in [5.74, 6) is 0.416. The highest BCUT2D eigenvalue weighted by Crippen LogP contribution is 2.48. The highest BCUT2D eigenvalue weighted by molar-refractivity contribution is 5.87. The minimum absolute atomic E-state index is 0.115. The van der Waals surface area contributed by atoms with E-state index >= 15 is 0 Å². The third-order valence-electron chi connectivity index (χ3n) is 5.43. The van der Waals surface area contributed by atoms with Gasteiger partial charge in [0.1, 0.15) is 17.4 Å². The quantitative estimate of drug-likeness (QED) is 0.533. The van der Waals surface area contributed by atoms with E-state index < -0.39 is 11.8 Å². The van der Waals surface area contributed by atoms with Crippen LogP contribution in [0.1, 0.15) is 36.8 Å². The second-order valence-corrected chi connectivity index (χ2v) is 7.34. The van der Waals surface area contributed by atoms with Crippen LogP contribution in [0.2, 0.25) is 0 Å². The van der Waals surface area contributed by atoms with Gasteiger partial charge in [0.15, 0.2) is 0 Å². The van der Waals surface area contributed by atoms with Gasteiger partial charge in [0.2, 0.25) is 11.8 Å². The number of unbranched alkanes of at least 4 members (excludes halogenated alkanes) is 1.